The number of hydrogen-bond donors (Lipinski definition) is 1. The van der Waals surface area contributed by atoms with E-state index < -0.39 is 0 Å². The van der Waals surface area contributed by atoms with Crippen molar-refractivity contribution in [2.75, 3.05) is 26.7 Å². The van der Waals surface area contributed by atoms with E-state index in [4.69, 9.17) is 5.11 Å². The molecule has 1 rings (SSSR count). The molecule has 1 aliphatic rings. The second kappa shape index (κ2) is 7.24. The minimum atomic E-state index is 0.369. The number of aliphatic hydroxyl groups is 1. The van der Waals surface area contributed by atoms with Gasteiger partial charge in [-0.2, -0.15) is 0 Å². The zero-order valence-electron chi connectivity index (χ0n) is 9.54. The summed E-state index contributed by atoms with van der Waals surface area (Å²) in [5, 5.41) is 8.64. The van der Waals surface area contributed by atoms with E-state index in [0.29, 0.717) is 6.61 Å². The minimum Gasteiger partial charge on any atom is -0.396 e. The highest BCUT2D eigenvalue weighted by Gasteiger charge is 2.15. The molecule has 0 bridgehead atoms. The Morgan fingerprint density at radius 2 is 1.71 bits per heavy atom. The number of likely N-dealkylation sites (tertiary alicyclic amines) is 1. The molecule has 14 heavy (non-hydrogen) atoms. The first-order valence-corrected chi connectivity index (χ1v) is 6.12. The molecule has 0 aliphatic carbocycles. The molecule has 0 aromatic carbocycles. The first-order valence-electron chi connectivity index (χ1n) is 6.12. The second-order valence-corrected chi connectivity index (χ2v) is 4.67. The van der Waals surface area contributed by atoms with Gasteiger partial charge >= 0.3 is 0 Å². The van der Waals surface area contributed by atoms with Crippen molar-refractivity contribution in [1.82, 2.24) is 4.90 Å². The summed E-state index contributed by atoms with van der Waals surface area (Å²) in [7, 11) is 2.22. The van der Waals surface area contributed by atoms with Gasteiger partial charge in [0.15, 0.2) is 0 Å². The fourth-order valence-corrected chi connectivity index (χ4v) is 2.25. The zero-order valence-corrected chi connectivity index (χ0v) is 9.54. The van der Waals surface area contributed by atoms with Gasteiger partial charge in [0.25, 0.3) is 0 Å². The van der Waals surface area contributed by atoms with Crippen LogP contribution < -0.4 is 0 Å². The molecule has 1 fully saturated rings. The lowest BCUT2D eigenvalue weighted by molar-refractivity contribution is 0.209. The van der Waals surface area contributed by atoms with Gasteiger partial charge in [-0.1, -0.05) is 25.7 Å². The maximum absolute atomic E-state index is 8.64. The van der Waals surface area contributed by atoms with Crippen LogP contribution in [0.2, 0.25) is 0 Å². The summed E-state index contributed by atoms with van der Waals surface area (Å²) in [6.45, 7) is 2.96. The average molecular weight is 199 g/mol. The predicted molar refractivity (Wildman–Crippen MR) is 60.4 cm³/mol. The zero-order chi connectivity index (χ0) is 10.2. The molecule has 0 amide bonds. The Labute approximate surface area is 88.3 Å². The van der Waals surface area contributed by atoms with Gasteiger partial charge in [0.05, 0.1) is 0 Å². The van der Waals surface area contributed by atoms with Crippen LogP contribution in [0.1, 0.15) is 44.9 Å². The third-order valence-electron chi connectivity index (χ3n) is 3.36. The Morgan fingerprint density at radius 1 is 1.07 bits per heavy atom. The summed E-state index contributed by atoms with van der Waals surface area (Å²) in [5.74, 6) is 0.986. The van der Waals surface area contributed by atoms with E-state index in [1.807, 2.05) is 0 Å². The molecule has 0 spiro atoms. The van der Waals surface area contributed by atoms with Crippen molar-refractivity contribution in [2.45, 2.75) is 44.9 Å². The van der Waals surface area contributed by atoms with E-state index in [1.165, 1.54) is 51.6 Å². The molecule has 84 valence electrons. The largest absolute Gasteiger partial charge is 0.396 e. The van der Waals surface area contributed by atoms with Crippen molar-refractivity contribution < 1.29 is 5.11 Å². The minimum absolute atomic E-state index is 0.369. The summed E-state index contributed by atoms with van der Waals surface area (Å²) in [4.78, 5) is 2.43. The lowest BCUT2D eigenvalue weighted by atomic mass is 9.91. The Hall–Kier alpha value is -0.0800. The standard InChI is InChI=1S/C12H25NO/c1-13-9-7-12(8-10-13)6-4-2-3-5-11-14/h12,14H,2-11H2,1H3. The third kappa shape index (κ3) is 4.97. The average Bonchev–Trinajstić information content (AvgIpc) is 2.21. The highest BCUT2D eigenvalue weighted by atomic mass is 16.2. The molecule has 0 unspecified atom stereocenters. The van der Waals surface area contributed by atoms with Gasteiger partial charge in [0.2, 0.25) is 0 Å². The highest BCUT2D eigenvalue weighted by molar-refractivity contribution is 4.69. The highest BCUT2D eigenvalue weighted by Crippen LogP contribution is 2.22. The first-order chi connectivity index (χ1) is 6.83. The maximum Gasteiger partial charge on any atom is 0.0431 e. The number of rotatable bonds is 6. The SMILES string of the molecule is CN1CCC(CCCCCCO)CC1. The quantitative estimate of drug-likeness (QED) is 0.663. The molecule has 1 saturated heterocycles. The van der Waals surface area contributed by atoms with Gasteiger partial charge in [0.1, 0.15) is 0 Å². The van der Waals surface area contributed by atoms with Crippen LogP contribution in [-0.2, 0) is 0 Å². The fourth-order valence-electron chi connectivity index (χ4n) is 2.25. The van der Waals surface area contributed by atoms with Crippen LogP contribution in [0, 0.1) is 5.92 Å². The van der Waals surface area contributed by atoms with E-state index >= 15 is 0 Å². The second-order valence-electron chi connectivity index (χ2n) is 4.67. The van der Waals surface area contributed by atoms with Crippen molar-refractivity contribution in [3.8, 4) is 0 Å². The Kier molecular flexibility index (Phi) is 6.20. The van der Waals surface area contributed by atoms with Crippen LogP contribution in [0.5, 0.6) is 0 Å². The van der Waals surface area contributed by atoms with Crippen LogP contribution in [0.3, 0.4) is 0 Å². The predicted octanol–water partition coefficient (Wildman–Crippen LogP) is 2.27. The van der Waals surface area contributed by atoms with Gasteiger partial charge in [-0.15, -0.1) is 0 Å². The van der Waals surface area contributed by atoms with E-state index in [-0.39, 0.29) is 0 Å². The molecule has 2 heteroatoms. The van der Waals surface area contributed by atoms with Crippen LogP contribution in [0.25, 0.3) is 0 Å². The van der Waals surface area contributed by atoms with Crippen molar-refractivity contribution in [3.63, 3.8) is 0 Å². The number of hydrogen-bond acceptors (Lipinski definition) is 2. The summed E-state index contributed by atoms with van der Waals surface area (Å²) in [6, 6.07) is 0. The molecule has 1 aliphatic heterocycles. The molecular weight excluding hydrogens is 174 g/mol. The molecule has 0 aromatic rings. The number of nitrogens with zero attached hydrogens (tertiary/aromatic N) is 1. The lowest BCUT2D eigenvalue weighted by Gasteiger charge is -2.28. The third-order valence-corrected chi connectivity index (χ3v) is 3.36. The number of unbranched alkanes of at least 4 members (excludes halogenated alkanes) is 3. The Morgan fingerprint density at radius 3 is 2.36 bits per heavy atom. The van der Waals surface area contributed by atoms with Gasteiger partial charge in [-0.05, 0) is 45.3 Å². The molecule has 1 N–H and O–H groups in total. The molecular formula is C12H25NO. The molecule has 0 saturated carbocycles. The van der Waals surface area contributed by atoms with Crippen LogP contribution in [0.15, 0.2) is 0 Å². The van der Waals surface area contributed by atoms with Crippen molar-refractivity contribution in [2.24, 2.45) is 5.92 Å². The summed E-state index contributed by atoms with van der Waals surface area (Å²) >= 11 is 0. The monoisotopic (exact) mass is 199 g/mol. The smallest absolute Gasteiger partial charge is 0.0431 e. The van der Waals surface area contributed by atoms with E-state index in [9.17, 15) is 0 Å². The van der Waals surface area contributed by atoms with Crippen LogP contribution in [-0.4, -0.2) is 36.8 Å². The van der Waals surface area contributed by atoms with Crippen molar-refractivity contribution in [1.29, 1.82) is 0 Å². The number of aliphatic hydroxyl groups excluding tert-OH is 1. The summed E-state index contributed by atoms with van der Waals surface area (Å²) in [6.07, 6.45) is 9.10. The van der Waals surface area contributed by atoms with Gasteiger partial charge in [-0.3, -0.25) is 0 Å². The van der Waals surface area contributed by atoms with Crippen molar-refractivity contribution >= 4 is 0 Å². The topological polar surface area (TPSA) is 23.5 Å². The Balaban J connectivity index is 1.91. The lowest BCUT2D eigenvalue weighted by Crippen LogP contribution is -2.30. The fraction of sp³-hybridized carbons (Fsp3) is 1.00. The van der Waals surface area contributed by atoms with Crippen LogP contribution in [0.4, 0.5) is 0 Å². The summed E-state index contributed by atoms with van der Waals surface area (Å²) < 4.78 is 0. The van der Waals surface area contributed by atoms with Crippen LogP contribution >= 0.6 is 0 Å². The normalized spacial score (nSPS) is 20.1. The van der Waals surface area contributed by atoms with E-state index in [2.05, 4.69) is 11.9 Å². The molecule has 0 aromatic heterocycles. The maximum atomic E-state index is 8.64. The molecule has 0 radical (unpaired) electrons. The van der Waals surface area contributed by atoms with E-state index in [0.717, 1.165) is 12.3 Å². The summed E-state index contributed by atoms with van der Waals surface area (Å²) in [5.41, 5.74) is 0. The Bertz CT molecular complexity index is 130. The van der Waals surface area contributed by atoms with Crippen molar-refractivity contribution in [3.05, 3.63) is 0 Å². The molecule has 2 nitrogen and oxygen atoms in total. The van der Waals surface area contributed by atoms with Gasteiger partial charge in [0, 0.05) is 6.61 Å². The van der Waals surface area contributed by atoms with Gasteiger partial charge < -0.3 is 10.0 Å². The van der Waals surface area contributed by atoms with Gasteiger partial charge in [-0.25, -0.2) is 0 Å². The molecule has 1 heterocycles. The molecule has 0 atom stereocenters. The first kappa shape index (κ1) is 12.0. The van der Waals surface area contributed by atoms with E-state index in [1.54, 1.807) is 0 Å². The number of piperidine rings is 1.